The summed E-state index contributed by atoms with van der Waals surface area (Å²) in [6.45, 7) is 4.00. The number of hydrogen-bond donors (Lipinski definition) is 2. The predicted octanol–water partition coefficient (Wildman–Crippen LogP) is 3.47. The molecule has 1 unspecified atom stereocenters. The molecule has 0 amide bonds. The summed E-state index contributed by atoms with van der Waals surface area (Å²) in [4.78, 5) is 0.0329. The Morgan fingerprint density at radius 1 is 1.14 bits per heavy atom. The molecule has 1 atom stereocenters. The number of sulfonamides is 1. The van der Waals surface area contributed by atoms with Gasteiger partial charge in [0.15, 0.2) is 0 Å². The predicted molar refractivity (Wildman–Crippen MR) is 86.0 cm³/mol. The standard InChI is InChI=1S/C15H17ClN2O2S/c1-10-3-5-12(6-4-10)11(2)18-15-9-13(21(17,19)20)7-8-14(15)16/h3-9,11,18H,1-2H3,(H2,17,19,20). The average molecular weight is 325 g/mol. The van der Waals surface area contributed by atoms with Gasteiger partial charge in [-0.1, -0.05) is 41.4 Å². The van der Waals surface area contributed by atoms with Crippen molar-refractivity contribution in [3.05, 3.63) is 58.6 Å². The highest BCUT2D eigenvalue weighted by molar-refractivity contribution is 7.89. The number of benzene rings is 2. The molecule has 0 saturated carbocycles. The molecule has 0 saturated heterocycles. The Kier molecular flexibility index (Phi) is 4.56. The molecule has 4 nitrogen and oxygen atoms in total. The number of primary sulfonamides is 1. The van der Waals surface area contributed by atoms with Crippen LogP contribution in [0, 0.1) is 6.92 Å². The van der Waals surface area contributed by atoms with Crippen molar-refractivity contribution in [2.75, 3.05) is 5.32 Å². The highest BCUT2D eigenvalue weighted by atomic mass is 35.5. The maximum Gasteiger partial charge on any atom is 0.238 e. The van der Waals surface area contributed by atoms with Gasteiger partial charge in [0.25, 0.3) is 0 Å². The molecule has 6 heteroatoms. The smallest absolute Gasteiger partial charge is 0.238 e. The topological polar surface area (TPSA) is 72.2 Å². The first-order chi connectivity index (χ1) is 9.77. The van der Waals surface area contributed by atoms with Crippen LogP contribution in [0.4, 0.5) is 5.69 Å². The largest absolute Gasteiger partial charge is 0.377 e. The van der Waals surface area contributed by atoms with Crippen molar-refractivity contribution in [2.24, 2.45) is 5.14 Å². The van der Waals surface area contributed by atoms with Crippen molar-refractivity contribution >= 4 is 27.3 Å². The SMILES string of the molecule is Cc1ccc(C(C)Nc2cc(S(N)(=O)=O)ccc2Cl)cc1. The first kappa shape index (κ1) is 15.8. The van der Waals surface area contributed by atoms with E-state index < -0.39 is 10.0 Å². The molecule has 112 valence electrons. The molecule has 21 heavy (non-hydrogen) atoms. The van der Waals surface area contributed by atoms with Crippen LogP contribution in [0.15, 0.2) is 47.4 Å². The molecule has 2 aromatic rings. The Hall–Kier alpha value is -1.56. The summed E-state index contributed by atoms with van der Waals surface area (Å²) in [5.41, 5.74) is 2.80. The zero-order chi connectivity index (χ0) is 15.6. The Morgan fingerprint density at radius 2 is 1.76 bits per heavy atom. The van der Waals surface area contributed by atoms with Crippen LogP contribution in [0.3, 0.4) is 0 Å². The summed E-state index contributed by atoms with van der Waals surface area (Å²) < 4.78 is 22.8. The lowest BCUT2D eigenvalue weighted by Gasteiger charge is -2.17. The van der Waals surface area contributed by atoms with E-state index in [-0.39, 0.29) is 10.9 Å². The van der Waals surface area contributed by atoms with Crippen molar-refractivity contribution < 1.29 is 8.42 Å². The Labute approximate surface area is 130 Å². The third kappa shape index (κ3) is 3.97. The fourth-order valence-electron chi connectivity index (χ4n) is 1.96. The molecule has 3 N–H and O–H groups in total. The van der Waals surface area contributed by atoms with E-state index in [1.807, 2.05) is 38.1 Å². The molecule has 0 heterocycles. The molecule has 0 bridgehead atoms. The number of anilines is 1. The fraction of sp³-hybridized carbons (Fsp3) is 0.200. The molecule has 0 aliphatic carbocycles. The maximum absolute atomic E-state index is 11.4. The first-order valence-corrected chi connectivity index (χ1v) is 8.35. The van der Waals surface area contributed by atoms with E-state index in [2.05, 4.69) is 5.32 Å². The lowest BCUT2D eigenvalue weighted by atomic mass is 10.1. The van der Waals surface area contributed by atoms with Crippen LogP contribution in [-0.4, -0.2) is 8.42 Å². The van der Waals surface area contributed by atoms with Crippen molar-refractivity contribution in [2.45, 2.75) is 24.8 Å². The van der Waals surface area contributed by atoms with Gasteiger partial charge in [0.1, 0.15) is 0 Å². The lowest BCUT2D eigenvalue weighted by molar-refractivity contribution is 0.598. The van der Waals surface area contributed by atoms with E-state index in [9.17, 15) is 8.42 Å². The minimum atomic E-state index is -3.75. The quantitative estimate of drug-likeness (QED) is 0.904. The Morgan fingerprint density at radius 3 is 2.33 bits per heavy atom. The highest BCUT2D eigenvalue weighted by Crippen LogP contribution is 2.28. The van der Waals surface area contributed by atoms with Crippen molar-refractivity contribution in [3.63, 3.8) is 0 Å². The van der Waals surface area contributed by atoms with Crippen LogP contribution >= 0.6 is 11.6 Å². The number of halogens is 1. The summed E-state index contributed by atoms with van der Waals surface area (Å²) in [5.74, 6) is 0. The second-order valence-electron chi connectivity index (χ2n) is 4.96. The van der Waals surface area contributed by atoms with Gasteiger partial charge in [-0.05, 0) is 37.6 Å². The maximum atomic E-state index is 11.4. The van der Waals surface area contributed by atoms with Gasteiger partial charge in [-0.15, -0.1) is 0 Å². The van der Waals surface area contributed by atoms with Crippen LogP contribution in [0.5, 0.6) is 0 Å². The molecule has 0 aliphatic heterocycles. The summed E-state index contributed by atoms with van der Waals surface area (Å²) in [5, 5.41) is 8.79. The second-order valence-corrected chi connectivity index (χ2v) is 6.93. The molecular formula is C15H17ClN2O2S. The van der Waals surface area contributed by atoms with E-state index >= 15 is 0 Å². The third-order valence-corrected chi connectivity index (χ3v) is 4.46. The van der Waals surface area contributed by atoms with Gasteiger partial charge < -0.3 is 5.32 Å². The van der Waals surface area contributed by atoms with E-state index in [0.717, 1.165) is 5.56 Å². The molecule has 0 radical (unpaired) electrons. The molecular weight excluding hydrogens is 308 g/mol. The summed E-state index contributed by atoms with van der Waals surface area (Å²) in [6.07, 6.45) is 0. The van der Waals surface area contributed by atoms with Gasteiger partial charge in [-0.2, -0.15) is 0 Å². The van der Waals surface area contributed by atoms with Gasteiger partial charge in [0.2, 0.25) is 10.0 Å². The van der Waals surface area contributed by atoms with Gasteiger partial charge >= 0.3 is 0 Å². The van der Waals surface area contributed by atoms with Gasteiger partial charge in [0, 0.05) is 6.04 Å². The summed E-state index contributed by atoms with van der Waals surface area (Å²) in [7, 11) is -3.75. The van der Waals surface area contributed by atoms with E-state index in [1.165, 1.54) is 23.8 Å². The lowest BCUT2D eigenvalue weighted by Crippen LogP contribution is -2.13. The molecule has 2 rings (SSSR count). The molecule has 0 spiro atoms. The normalized spacial score (nSPS) is 13.0. The number of nitrogens with two attached hydrogens (primary N) is 1. The van der Waals surface area contributed by atoms with Crippen molar-refractivity contribution in [1.82, 2.24) is 0 Å². The number of rotatable bonds is 4. The van der Waals surface area contributed by atoms with Crippen LogP contribution in [0.1, 0.15) is 24.1 Å². The highest BCUT2D eigenvalue weighted by Gasteiger charge is 2.13. The Balaban J connectivity index is 2.28. The van der Waals surface area contributed by atoms with Crippen molar-refractivity contribution in [3.8, 4) is 0 Å². The van der Waals surface area contributed by atoms with Gasteiger partial charge in [-0.3, -0.25) is 0 Å². The fourth-order valence-corrected chi connectivity index (χ4v) is 2.68. The zero-order valence-electron chi connectivity index (χ0n) is 11.8. The Bertz CT molecular complexity index is 743. The van der Waals surface area contributed by atoms with E-state index in [4.69, 9.17) is 16.7 Å². The van der Waals surface area contributed by atoms with Crippen LogP contribution in [-0.2, 0) is 10.0 Å². The molecule has 0 aliphatic rings. The minimum absolute atomic E-state index is 0.0150. The number of hydrogen-bond acceptors (Lipinski definition) is 3. The van der Waals surface area contributed by atoms with Crippen LogP contribution in [0.25, 0.3) is 0 Å². The summed E-state index contributed by atoms with van der Waals surface area (Å²) >= 11 is 6.10. The van der Waals surface area contributed by atoms with Crippen LogP contribution in [0.2, 0.25) is 5.02 Å². The summed E-state index contributed by atoms with van der Waals surface area (Å²) in [6, 6.07) is 12.4. The number of nitrogens with one attached hydrogen (secondary N) is 1. The van der Waals surface area contributed by atoms with Crippen molar-refractivity contribution in [1.29, 1.82) is 0 Å². The second kappa shape index (κ2) is 6.05. The minimum Gasteiger partial charge on any atom is -0.377 e. The van der Waals surface area contributed by atoms with E-state index in [1.54, 1.807) is 0 Å². The first-order valence-electron chi connectivity index (χ1n) is 6.43. The third-order valence-electron chi connectivity index (χ3n) is 3.22. The van der Waals surface area contributed by atoms with Gasteiger partial charge in [0.05, 0.1) is 15.6 Å². The van der Waals surface area contributed by atoms with Crippen LogP contribution < -0.4 is 10.5 Å². The zero-order valence-corrected chi connectivity index (χ0v) is 13.4. The monoisotopic (exact) mass is 324 g/mol. The molecule has 2 aromatic carbocycles. The molecule has 0 fully saturated rings. The molecule has 0 aromatic heterocycles. The number of aryl methyl sites for hydroxylation is 1. The van der Waals surface area contributed by atoms with Gasteiger partial charge in [-0.25, -0.2) is 13.6 Å². The van der Waals surface area contributed by atoms with E-state index in [0.29, 0.717) is 10.7 Å². The average Bonchev–Trinajstić information content (AvgIpc) is 2.40.